The topological polar surface area (TPSA) is 50.4 Å². The number of hydrogen-bond acceptors (Lipinski definition) is 3. The van der Waals surface area contributed by atoms with Crippen molar-refractivity contribution in [2.24, 2.45) is 0 Å². The minimum absolute atomic E-state index is 0. The van der Waals surface area contributed by atoms with E-state index in [-0.39, 0.29) is 18.3 Å². The lowest BCUT2D eigenvalue weighted by Gasteiger charge is -2.09. The van der Waals surface area contributed by atoms with Gasteiger partial charge in [-0.25, -0.2) is 0 Å². The van der Waals surface area contributed by atoms with E-state index in [1.807, 2.05) is 31.3 Å². The number of hydrogen-bond donors (Lipinski definition) is 2. The summed E-state index contributed by atoms with van der Waals surface area (Å²) in [5.74, 6) is 0.610. The molecule has 0 radical (unpaired) electrons. The largest absolute Gasteiger partial charge is 0.489 e. The molecular weight excluding hydrogens is 312 g/mol. The molecule has 124 valence electrons. The second-order valence-corrected chi connectivity index (χ2v) is 5.17. The average Bonchev–Trinajstić information content (AvgIpc) is 2.53. The number of likely N-dealkylation sites (N-methyl/N-ethyl adjacent to an activating group) is 1. The highest BCUT2D eigenvalue weighted by atomic mass is 35.5. The fourth-order valence-electron chi connectivity index (χ4n) is 2.10. The van der Waals surface area contributed by atoms with Crippen molar-refractivity contribution in [3.63, 3.8) is 0 Å². The molecular formula is C18H23ClN2O2. The molecule has 2 aromatic carbocycles. The highest BCUT2D eigenvalue weighted by Crippen LogP contribution is 2.15. The van der Waals surface area contributed by atoms with Gasteiger partial charge in [-0.2, -0.15) is 0 Å². The molecule has 0 aliphatic heterocycles. The lowest BCUT2D eigenvalue weighted by atomic mass is 10.1. The zero-order chi connectivity index (χ0) is 15.8. The van der Waals surface area contributed by atoms with Crippen molar-refractivity contribution in [1.29, 1.82) is 0 Å². The van der Waals surface area contributed by atoms with Gasteiger partial charge in [0, 0.05) is 18.7 Å². The Morgan fingerprint density at radius 3 is 2.61 bits per heavy atom. The van der Waals surface area contributed by atoms with Crippen LogP contribution in [0.25, 0.3) is 0 Å². The maximum Gasteiger partial charge on any atom is 0.251 e. The summed E-state index contributed by atoms with van der Waals surface area (Å²) in [6.45, 7) is 3.89. The SMILES string of the molecule is CNCCNC(=O)c1cccc(OCc2cccc(C)c2)c1.Cl. The summed E-state index contributed by atoms with van der Waals surface area (Å²) < 4.78 is 5.77. The van der Waals surface area contributed by atoms with Crippen molar-refractivity contribution in [2.45, 2.75) is 13.5 Å². The zero-order valence-corrected chi connectivity index (χ0v) is 14.3. The molecule has 0 heterocycles. The summed E-state index contributed by atoms with van der Waals surface area (Å²) in [5, 5.41) is 5.84. The van der Waals surface area contributed by atoms with Crippen molar-refractivity contribution in [2.75, 3.05) is 20.1 Å². The number of carbonyl (C=O) groups excluding carboxylic acids is 1. The van der Waals surface area contributed by atoms with Gasteiger partial charge < -0.3 is 15.4 Å². The van der Waals surface area contributed by atoms with Crippen LogP contribution in [0.3, 0.4) is 0 Å². The molecule has 4 nitrogen and oxygen atoms in total. The number of benzene rings is 2. The van der Waals surface area contributed by atoms with Gasteiger partial charge in [0.05, 0.1) is 0 Å². The molecule has 5 heteroatoms. The molecule has 0 aromatic heterocycles. The fraction of sp³-hybridized carbons (Fsp3) is 0.278. The minimum atomic E-state index is -0.0868. The lowest BCUT2D eigenvalue weighted by molar-refractivity contribution is 0.0953. The highest BCUT2D eigenvalue weighted by Gasteiger charge is 2.06. The van der Waals surface area contributed by atoms with Gasteiger partial charge in [-0.3, -0.25) is 4.79 Å². The highest BCUT2D eigenvalue weighted by molar-refractivity contribution is 5.94. The molecule has 0 saturated heterocycles. The molecule has 23 heavy (non-hydrogen) atoms. The number of carbonyl (C=O) groups is 1. The van der Waals surface area contributed by atoms with Gasteiger partial charge in [-0.1, -0.05) is 35.9 Å². The molecule has 2 aromatic rings. The Morgan fingerprint density at radius 2 is 1.87 bits per heavy atom. The van der Waals surface area contributed by atoms with Gasteiger partial charge in [-0.05, 0) is 37.7 Å². The van der Waals surface area contributed by atoms with Gasteiger partial charge in [0.15, 0.2) is 0 Å². The minimum Gasteiger partial charge on any atom is -0.489 e. The van der Waals surface area contributed by atoms with E-state index in [9.17, 15) is 4.79 Å². The van der Waals surface area contributed by atoms with Crippen LogP contribution in [-0.4, -0.2) is 26.0 Å². The van der Waals surface area contributed by atoms with Gasteiger partial charge in [0.1, 0.15) is 12.4 Å². The van der Waals surface area contributed by atoms with Gasteiger partial charge in [0.25, 0.3) is 5.91 Å². The van der Waals surface area contributed by atoms with Crippen molar-refractivity contribution in [3.8, 4) is 5.75 Å². The number of nitrogens with one attached hydrogen (secondary N) is 2. The Hall–Kier alpha value is -2.04. The van der Waals surface area contributed by atoms with E-state index in [4.69, 9.17) is 4.74 Å². The van der Waals surface area contributed by atoms with Crippen LogP contribution in [0, 0.1) is 6.92 Å². The Kier molecular flexibility index (Phi) is 8.16. The Bertz CT molecular complexity index is 632. The number of amides is 1. The average molecular weight is 335 g/mol. The van der Waals surface area contributed by atoms with E-state index in [1.165, 1.54) is 5.56 Å². The summed E-state index contributed by atoms with van der Waals surface area (Å²) in [5.41, 5.74) is 2.93. The van der Waals surface area contributed by atoms with Crippen LogP contribution in [0.15, 0.2) is 48.5 Å². The standard InChI is InChI=1S/C18H22N2O2.ClH/c1-14-5-3-6-15(11-14)13-22-17-8-4-7-16(12-17)18(21)20-10-9-19-2;/h3-8,11-12,19H,9-10,13H2,1-2H3,(H,20,21);1H. The van der Waals surface area contributed by atoms with Crippen LogP contribution in [0.2, 0.25) is 0 Å². The van der Waals surface area contributed by atoms with Gasteiger partial charge in [-0.15, -0.1) is 12.4 Å². The van der Waals surface area contributed by atoms with Crippen LogP contribution >= 0.6 is 12.4 Å². The van der Waals surface area contributed by atoms with Gasteiger partial charge >= 0.3 is 0 Å². The summed E-state index contributed by atoms with van der Waals surface area (Å²) in [7, 11) is 1.85. The molecule has 0 bridgehead atoms. The Balaban J connectivity index is 0.00000264. The summed E-state index contributed by atoms with van der Waals surface area (Å²) in [6.07, 6.45) is 0. The number of halogens is 1. The van der Waals surface area contributed by atoms with E-state index in [0.29, 0.717) is 24.5 Å². The second-order valence-electron chi connectivity index (χ2n) is 5.17. The molecule has 0 fully saturated rings. The maximum atomic E-state index is 12.0. The molecule has 2 N–H and O–H groups in total. The fourth-order valence-corrected chi connectivity index (χ4v) is 2.10. The quantitative estimate of drug-likeness (QED) is 0.765. The van der Waals surface area contributed by atoms with E-state index >= 15 is 0 Å². The van der Waals surface area contributed by atoms with E-state index in [1.54, 1.807) is 12.1 Å². The Labute approximate surface area is 143 Å². The third kappa shape index (κ3) is 6.30. The van der Waals surface area contributed by atoms with Crippen LogP contribution < -0.4 is 15.4 Å². The van der Waals surface area contributed by atoms with E-state index in [0.717, 1.165) is 12.1 Å². The summed E-state index contributed by atoms with van der Waals surface area (Å²) in [4.78, 5) is 12.0. The van der Waals surface area contributed by atoms with Crippen LogP contribution in [0.4, 0.5) is 0 Å². The number of aryl methyl sites for hydroxylation is 1. The summed E-state index contributed by atoms with van der Waals surface area (Å²) >= 11 is 0. The first-order valence-corrected chi connectivity index (χ1v) is 7.40. The van der Waals surface area contributed by atoms with E-state index < -0.39 is 0 Å². The molecule has 0 atom stereocenters. The first-order valence-electron chi connectivity index (χ1n) is 7.40. The molecule has 0 unspecified atom stereocenters. The normalized spacial score (nSPS) is 9.83. The van der Waals surface area contributed by atoms with Gasteiger partial charge in [0.2, 0.25) is 0 Å². The lowest BCUT2D eigenvalue weighted by Crippen LogP contribution is -2.30. The van der Waals surface area contributed by atoms with Crippen molar-refractivity contribution >= 4 is 18.3 Å². The number of ether oxygens (including phenoxy) is 1. The smallest absolute Gasteiger partial charge is 0.251 e. The molecule has 2 rings (SSSR count). The first-order chi connectivity index (χ1) is 10.7. The molecule has 1 amide bonds. The van der Waals surface area contributed by atoms with Crippen LogP contribution in [0.1, 0.15) is 21.5 Å². The Morgan fingerprint density at radius 1 is 1.09 bits per heavy atom. The second kappa shape index (κ2) is 9.87. The zero-order valence-electron chi connectivity index (χ0n) is 13.5. The first kappa shape index (κ1) is 19.0. The molecule has 0 saturated carbocycles. The maximum absolute atomic E-state index is 12.0. The molecule has 0 aliphatic carbocycles. The summed E-state index contributed by atoms with van der Waals surface area (Å²) in [6, 6.07) is 15.4. The third-order valence-corrected chi connectivity index (χ3v) is 3.24. The van der Waals surface area contributed by atoms with E-state index in [2.05, 4.69) is 29.7 Å². The van der Waals surface area contributed by atoms with Crippen LogP contribution in [0.5, 0.6) is 5.75 Å². The molecule has 0 aliphatic rings. The monoisotopic (exact) mass is 334 g/mol. The molecule has 0 spiro atoms. The number of rotatable bonds is 7. The van der Waals surface area contributed by atoms with Crippen molar-refractivity contribution in [1.82, 2.24) is 10.6 Å². The predicted molar refractivity (Wildman–Crippen MR) is 95.5 cm³/mol. The van der Waals surface area contributed by atoms with Crippen molar-refractivity contribution < 1.29 is 9.53 Å². The van der Waals surface area contributed by atoms with Crippen molar-refractivity contribution in [3.05, 3.63) is 65.2 Å². The predicted octanol–water partition coefficient (Wildman–Crippen LogP) is 2.95. The third-order valence-electron chi connectivity index (χ3n) is 3.24. The van der Waals surface area contributed by atoms with Crippen LogP contribution in [-0.2, 0) is 6.61 Å².